The number of esters is 1. The fraction of sp³-hybridized carbons (Fsp3) is 0.130. The molecule has 0 atom stereocenters. The summed E-state index contributed by atoms with van der Waals surface area (Å²) in [5, 5.41) is 8.91. The molecular formula is C23H19ClN2O5S. The summed E-state index contributed by atoms with van der Waals surface area (Å²) >= 11 is 6.14. The van der Waals surface area contributed by atoms with Gasteiger partial charge in [0, 0.05) is 7.05 Å². The fourth-order valence-corrected chi connectivity index (χ4v) is 4.33. The van der Waals surface area contributed by atoms with Crippen LogP contribution in [0.4, 0.5) is 5.69 Å². The molecule has 0 aliphatic rings. The summed E-state index contributed by atoms with van der Waals surface area (Å²) < 4.78 is 38.0. The number of nitriles is 1. The Morgan fingerprint density at radius 1 is 1.09 bits per heavy atom. The second-order valence-corrected chi connectivity index (χ2v) is 9.05. The molecule has 164 valence electrons. The average molecular weight is 471 g/mol. The molecule has 0 amide bonds. The molecule has 0 fully saturated rings. The van der Waals surface area contributed by atoms with Gasteiger partial charge < -0.3 is 9.47 Å². The van der Waals surface area contributed by atoms with Crippen molar-refractivity contribution in [2.75, 3.05) is 18.5 Å². The Morgan fingerprint density at radius 3 is 2.44 bits per heavy atom. The molecule has 3 rings (SSSR count). The molecular weight excluding hydrogens is 452 g/mol. The molecule has 0 N–H and O–H groups in total. The van der Waals surface area contributed by atoms with Crippen LogP contribution in [0.5, 0.6) is 5.75 Å². The SMILES string of the molecule is COc1ccccc1N(C)S(=O)(=O)c1ccc(Cl)c(C(=O)OCc2ccc(C#N)cc2)c1. The summed E-state index contributed by atoms with van der Waals surface area (Å²) in [6.45, 7) is -0.0566. The number of benzene rings is 3. The van der Waals surface area contributed by atoms with E-state index in [2.05, 4.69) is 0 Å². The van der Waals surface area contributed by atoms with Crippen LogP contribution in [0, 0.1) is 11.3 Å². The summed E-state index contributed by atoms with van der Waals surface area (Å²) in [6.07, 6.45) is 0. The topological polar surface area (TPSA) is 96.7 Å². The number of anilines is 1. The number of hydrogen-bond donors (Lipinski definition) is 0. The van der Waals surface area contributed by atoms with Gasteiger partial charge in [-0.15, -0.1) is 0 Å². The standard InChI is InChI=1S/C23H19ClN2O5S/c1-26(21-5-3-4-6-22(21)30-2)32(28,29)18-11-12-20(24)19(13-18)23(27)31-15-17-9-7-16(14-25)8-10-17/h3-13H,15H2,1-2H3. The number of para-hydroxylation sites is 2. The van der Waals surface area contributed by atoms with Gasteiger partial charge in [-0.1, -0.05) is 35.9 Å². The average Bonchev–Trinajstić information content (AvgIpc) is 2.82. The molecule has 3 aromatic carbocycles. The van der Waals surface area contributed by atoms with Crippen molar-refractivity contribution in [1.29, 1.82) is 5.26 Å². The molecule has 0 aliphatic carbocycles. The van der Waals surface area contributed by atoms with Gasteiger partial charge in [-0.2, -0.15) is 5.26 Å². The highest BCUT2D eigenvalue weighted by Crippen LogP contribution is 2.32. The summed E-state index contributed by atoms with van der Waals surface area (Å²) in [7, 11) is -1.17. The van der Waals surface area contributed by atoms with Crippen molar-refractivity contribution in [3.63, 3.8) is 0 Å². The maximum Gasteiger partial charge on any atom is 0.340 e. The molecule has 0 radical (unpaired) electrons. The van der Waals surface area contributed by atoms with Gasteiger partial charge in [0.15, 0.2) is 0 Å². The number of halogens is 1. The van der Waals surface area contributed by atoms with Gasteiger partial charge >= 0.3 is 5.97 Å². The lowest BCUT2D eigenvalue weighted by Crippen LogP contribution is -2.27. The maximum atomic E-state index is 13.2. The first kappa shape index (κ1) is 23.1. The Kier molecular flexibility index (Phi) is 7.03. The summed E-state index contributed by atoms with van der Waals surface area (Å²) in [5.41, 5.74) is 1.43. The van der Waals surface area contributed by atoms with E-state index in [0.717, 1.165) is 4.31 Å². The third-order valence-corrected chi connectivity index (χ3v) is 6.79. The van der Waals surface area contributed by atoms with Crippen molar-refractivity contribution < 1.29 is 22.7 Å². The molecule has 0 aliphatic heterocycles. The molecule has 32 heavy (non-hydrogen) atoms. The van der Waals surface area contributed by atoms with Crippen LogP contribution in [-0.2, 0) is 21.4 Å². The van der Waals surface area contributed by atoms with Gasteiger partial charge in [-0.25, -0.2) is 13.2 Å². The number of ether oxygens (including phenoxy) is 2. The molecule has 0 bridgehead atoms. The Labute approximate surface area is 191 Å². The first-order valence-electron chi connectivity index (χ1n) is 9.35. The normalized spacial score (nSPS) is 10.8. The van der Waals surface area contributed by atoms with Crippen LogP contribution in [0.3, 0.4) is 0 Å². The predicted molar refractivity (Wildman–Crippen MR) is 120 cm³/mol. The van der Waals surface area contributed by atoms with Crippen LogP contribution in [0.15, 0.2) is 71.6 Å². The smallest absolute Gasteiger partial charge is 0.340 e. The van der Waals surface area contributed by atoms with E-state index in [1.165, 1.54) is 32.4 Å². The van der Waals surface area contributed by atoms with E-state index in [-0.39, 0.29) is 22.1 Å². The summed E-state index contributed by atoms with van der Waals surface area (Å²) in [5.74, 6) is -0.383. The van der Waals surface area contributed by atoms with E-state index in [0.29, 0.717) is 22.6 Å². The van der Waals surface area contributed by atoms with Crippen LogP contribution < -0.4 is 9.04 Å². The minimum absolute atomic E-state index is 0.0566. The van der Waals surface area contributed by atoms with Gasteiger partial charge in [0.2, 0.25) is 0 Å². The van der Waals surface area contributed by atoms with Crippen LogP contribution >= 0.6 is 11.6 Å². The molecule has 9 heteroatoms. The van der Waals surface area contributed by atoms with Crippen LogP contribution in [-0.4, -0.2) is 28.5 Å². The molecule has 0 saturated carbocycles. The van der Waals surface area contributed by atoms with E-state index >= 15 is 0 Å². The third-order valence-electron chi connectivity index (χ3n) is 4.69. The van der Waals surface area contributed by atoms with Gasteiger partial charge in [-0.3, -0.25) is 4.31 Å². The van der Waals surface area contributed by atoms with E-state index in [4.69, 9.17) is 26.3 Å². The largest absolute Gasteiger partial charge is 0.495 e. The Balaban J connectivity index is 1.85. The number of sulfonamides is 1. The van der Waals surface area contributed by atoms with Crippen molar-refractivity contribution in [1.82, 2.24) is 0 Å². The zero-order chi connectivity index (χ0) is 23.3. The number of hydrogen-bond acceptors (Lipinski definition) is 6. The first-order valence-corrected chi connectivity index (χ1v) is 11.2. The minimum Gasteiger partial charge on any atom is -0.495 e. The van der Waals surface area contributed by atoms with Gasteiger partial charge in [-0.05, 0) is 48.0 Å². The number of nitrogens with zero attached hydrogens (tertiary/aromatic N) is 2. The van der Waals surface area contributed by atoms with E-state index in [1.54, 1.807) is 48.5 Å². The Hall–Kier alpha value is -3.54. The quantitative estimate of drug-likeness (QED) is 0.475. The molecule has 0 heterocycles. The lowest BCUT2D eigenvalue weighted by Gasteiger charge is -2.22. The summed E-state index contributed by atoms with van der Waals surface area (Å²) in [4.78, 5) is 12.5. The zero-order valence-electron chi connectivity index (χ0n) is 17.3. The second kappa shape index (κ2) is 9.73. The highest BCUT2D eigenvalue weighted by molar-refractivity contribution is 7.92. The second-order valence-electron chi connectivity index (χ2n) is 6.67. The zero-order valence-corrected chi connectivity index (χ0v) is 18.9. The third kappa shape index (κ3) is 4.85. The molecule has 0 saturated heterocycles. The minimum atomic E-state index is -4.02. The molecule has 7 nitrogen and oxygen atoms in total. The molecule has 0 unspecified atom stereocenters. The van der Waals surface area contributed by atoms with Crippen molar-refractivity contribution >= 4 is 33.3 Å². The highest BCUT2D eigenvalue weighted by Gasteiger charge is 2.26. The molecule has 0 aromatic heterocycles. The van der Waals surface area contributed by atoms with Crippen molar-refractivity contribution in [3.05, 3.63) is 88.4 Å². The van der Waals surface area contributed by atoms with Gasteiger partial charge in [0.05, 0.1) is 39.9 Å². The van der Waals surface area contributed by atoms with Gasteiger partial charge in [0.25, 0.3) is 10.0 Å². The highest BCUT2D eigenvalue weighted by atomic mass is 35.5. The lowest BCUT2D eigenvalue weighted by atomic mass is 10.1. The Bertz CT molecular complexity index is 1280. The van der Waals surface area contributed by atoms with Crippen molar-refractivity contribution in [2.45, 2.75) is 11.5 Å². The monoisotopic (exact) mass is 470 g/mol. The predicted octanol–water partition coefficient (Wildman–Crippen LogP) is 4.40. The number of carbonyl (C=O) groups is 1. The lowest BCUT2D eigenvalue weighted by molar-refractivity contribution is 0.0472. The Morgan fingerprint density at radius 2 is 1.78 bits per heavy atom. The number of carbonyl (C=O) groups excluding carboxylic acids is 1. The van der Waals surface area contributed by atoms with Crippen molar-refractivity contribution in [3.8, 4) is 11.8 Å². The van der Waals surface area contributed by atoms with E-state index in [1.807, 2.05) is 6.07 Å². The van der Waals surface area contributed by atoms with E-state index in [9.17, 15) is 13.2 Å². The first-order chi connectivity index (χ1) is 15.3. The number of rotatable bonds is 7. The maximum absolute atomic E-state index is 13.2. The van der Waals surface area contributed by atoms with Crippen LogP contribution in [0.2, 0.25) is 5.02 Å². The fourth-order valence-electron chi connectivity index (χ4n) is 2.90. The van der Waals surface area contributed by atoms with Crippen LogP contribution in [0.25, 0.3) is 0 Å². The molecule has 0 spiro atoms. The van der Waals surface area contributed by atoms with Gasteiger partial charge in [0.1, 0.15) is 12.4 Å². The molecule has 3 aromatic rings. The summed E-state index contributed by atoms with van der Waals surface area (Å²) in [6, 6.07) is 19.1. The van der Waals surface area contributed by atoms with Crippen molar-refractivity contribution in [2.24, 2.45) is 0 Å². The number of methoxy groups -OCH3 is 1. The van der Waals surface area contributed by atoms with E-state index < -0.39 is 16.0 Å². The van der Waals surface area contributed by atoms with Crippen LogP contribution in [0.1, 0.15) is 21.5 Å².